The Morgan fingerprint density at radius 3 is 2.19 bits per heavy atom. The van der Waals surface area contributed by atoms with Crippen LogP contribution in [0.25, 0.3) is 0 Å². The molecule has 1 heterocycles. The standard InChI is InChI=1S/C17H24ClN3/c1-11(2)13-6-8-14(9-7-13)15(19-4)10-16-17(18)12(3)20-21(16)5/h6-9,11,15,19H,10H2,1-5H3. The third-order valence-electron chi connectivity index (χ3n) is 4.01. The zero-order chi connectivity index (χ0) is 15.6. The highest BCUT2D eigenvalue weighted by atomic mass is 35.5. The lowest BCUT2D eigenvalue weighted by Gasteiger charge is -2.18. The minimum Gasteiger partial charge on any atom is -0.313 e. The van der Waals surface area contributed by atoms with Gasteiger partial charge in [-0.05, 0) is 31.0 Å². The summed E-state index contributed by atoms with van der Waals surface area (Å²) in [5, 5.41) is 8.54. The highest BCUT2D eigenvalue weighted by Gasteiger charge is 2.17. The van der Waals surface area contributed by atoms with Crippen molar-refractivity contribution >= 4 is 11.6 Å². The van der Waals surface area contributed by atoms with E-state index < -0.39 is 0 Å². The molecule has 0 amide bonds. The van der Waals surface area contributed by atoms with E-state index in [0.29, 0.717) is 5.92 Å². The van der Waals surface area contributed by atoms with Crippen molar-refractivity contribution in [2.45, 2.75) is 39.2 Å². The summed E-state index contributed by atoms with van der Waals surface area (Å²) in [7, 11) is 3.93. The molecule has 0 saturated heterocycles. The van der Waals surface area contributed by atoms with Gasteiger partial charge in [0.15, 0.2) is 0 Å². The molecule has 1 atom stereocenters. The molecule has 0 spiro atoms. The summed E-state index contributed by atoms with van der Waals surface area (Å²) in [6.45, 7) is 6.36. The smallest absolute Gasteiger partial charge is 0.0847 e. The van der Waals surface area contributed by atoms with Gasteiger partial charge in [-0.3, -0.25) is 4.68 Å². The second kappa shape index (κ2) is 6.63. The van der Waals surface area contributed by atoms with Crippen LogP contribution >= 0.6 is 11.6 Å². The molecule has 1 unspecified atom stereocenters. The van der Waals surface area contributed by atoms with Gasteiger partial charge in [0, 0.05) is 19.5 Å². The Kier molecular flexibility index (Phi) is 5.07. The third-order valence-corrected chi connectivity index (χ3v) is 4.50. The normalized spacial score (nSPS) is 12.9. The van der Waals surface area contributed by atoms with Crippen LogP contribution in [0, 0.1) is 6.92 Å². The second-order valence-electron chi connectivity index (χ2n) is 5.84. The van der Waals surface area contributed by atoms with E-state index in [0.717, 1.165) is 22.8 Å². The van der Waals surface area contributed by atoms with E-state index in [1.165, 1.54) is 11.1 Å². The van der Waals surface area contributed by atoms with Gasteiger partial charge in [0.1, 0.15) is 0 Å². The van der Waals surface area contributed by atoms with Crippen LogP contribution in [0.15, 0.2) is 24.3 Å². The molecule has 0 fully saturated rings. The average Bonchev–Trinajstić information content (AvgIpc) is 2.70. The Hall–Kier alpha value is -1.32. The number of aromatic nitrogens is 2. The third kappa shape index (κ3) is 3.47. The Bertz CT molecular complexity index is 599. The predicted octanol–water partition coefficient (Wildman–Crippen LogP) is 4.01. The van der Waals surface area contributed by atoms with Crippen molar-refractivity contribution in [2.24, 2.45) is 7.05 Å². The topological polar surface area (TPSA) is 29.9 Å². The van der Waals surface area contributed by atoms with Gasteiger partial charge in [-0.15, -0.1) is 0 Å². The van der Waals surface area contributed by atoms with Crippen LogP contribution in [0.4, 0.5) is 0 Å². The quantitative estimate of drug-likeness (QED) is 0.904. The van der Waals surface area contributed by atoms with Crippen molar-refractivity contribution in [3.8, 4) is 0 Å². The van der Waals surface area contributed by atoms with E-state index in [9.17, 15) is 0 Å². The minimum absolute atomic E-state index is 0.235. The van der Waals surface area contributed by atoms with Gasteiger partial charge >= 0.3 is 0 Å². The van der Waals surface area contributed by atoms with E-state index in [1.54, 1.807) is 0 Å². The summed E-state index contributed by atoms with van der Waals surface area (Å²) < 4.78 is 1.88. The number of benzene rings is 1. The summed E-state index contributed by atoms with van der Waals surface area (Å²) in [6, 6.07) is 9.06. The van der Waals surface area contributed by atoms with Crippen LogP contribution in [0.2, 0.25) is 5.02 Å². The van der Waals surface area contributed by atoms with E-state index in [-0.39, 0.29) is 6.04 Å². The van der Waals surface area contributed by atoms with Crippen LogP contribution in [-0.4, -0.2) is 16.8 Å². The molecule has 1 aromatic heterocycles. The highest BCUT2D eigenvalue weighted by Crippen LogP contribution is 2.26. The van der Waals surface area contributed by atoms with Crippen LogP contribution in [0.3, 0.4) is 0 Å². The number of aryl methyl sites for hydroxylation is 2. The number of nitrogens with one attached hydrogen (secondary N) is 1. The summed E-state index contributed by atoms with van der Waals surface area (Å²) in [6.07, 6.45) is 0.827. The summed E-state index contributed by atoms with van der Waals surface area (Å²) in [5.41, 5.74) is 4.60. The summed E-state index contributed by atoms with van der Waals surface area (Å²) in [4.78, 5) is 0. The number of hydrogen-bond donors (Lipinski definition) is 1. The Morgan fingerprint density at radius 1 is 1.19 bits per heavy atom. The van der Waals surface area contributed by atoms with E-state index in [4.69, 9.17) is 11.6 Å². The van der Waals surface area contributed by atoms with E-state index >= 15 is 0 Å². The monoisotopic (exact) mass is 305 g/mol. The van der Waals surface area contributed by atoms with Gasteiger partial charge in [-0.1, -0.05) is 49.7 Å². The molecule has 0 bridgehead atoms. The van der Waals surface area contributed by atoms with Crippen molar-refractivity contribution in [1.29, 1.82) is 0 Å². The molecule has 0 aliphatic carbocycles. The predicted molar refractivity (Wildman–Crippen MR) is 89.0 cm³/mol. The fraction of sp³-hybridized carbons (Fsp3) is 0.471. The van der Waals surface area contributed by atoms with Crippen LogP contribution in [-0.2, 0) is 13.5 Å². The molecule has 0 aliphatic heterocycles. The molecule has 2 aromatic rings. The molecule has 0 aliphatic rings. The van der Waals surface area contributed by atoms with Gasteiger partial charge in [-0.25, -0.2) is 0 Å². The van der Waals surface area contributed by atoms with E-state index in [2.05, 4.69) is 48.5 Å². The van der Waals surface area contributed by atoms with Crippen molar-refractivity contribution < 1.29 is 0 Å². The Balaban J connectivity index is 2.23. The fourth-order valence-electron chi connectivity index (χ4n) is 2.59. The molecule has 0 radical (unpaired) electrons. The second-order valence-corrected chi connectivity index (χ2v) is 6.21. The lowest BCUT2D eigenvalue weighted by molar-refractivity contribution is 0.561. The zero-order valence-corrected chi connectivity index (χ0v) is 14.2. The minimum atomic E-state index is 0.235. The molecular weight excluding hydrogens is 282 g/mol. The summed E-state index contributed by atoms with van der Waals surface area (Å²) in [5.74, 6) is 0.557. The van der Waals surface area contributed by atoms with Crippen molar-refractivity contribution in [3.63, 3.8) is 0 Å². The van der Waals surface area contributed by atoms with Crippen molar-refractivity contribution in [3.05, 3.63) is 51.8 Å². The zero-order valence-electron chi connectivity index (χ0n) is 13.4. The molecule has 1 aromatic carbocycles. The van der Waals surface area contributed by atoms with Crippen LogP contribution in [0.1, 0.15) is 48.3 Å². The molecule has 3 nitrogen and oxygen atoms in total. The average molecular weight is 306 g/mol. The van der Waals surface area contributed by atoms with Crippen molar-refractivity contribution in [1.82, 2.24) is 15.1 Å². The van der Waals surface area contributed by atoms with Gasteiger partial charge in [0.2, 0.25) is 0 Å². The van der Waals surface area contributed by atoms with Gasteiger partial charge < -0.3 is 5.32 Å². The number of hydrogen-bond acceptors (Lipinski definition) is 2. The maximum Gasteiger partial charge on any atom is 0.0847 e. The highest BCUT2D eigenvalue weighted by molar-refractivity contribution is 6.31. The molecule has 21 heavy (non-hydrogen) atoms. The SMILES string of the molecule is CNC(Cc1c(Cl)c(C)nn1C)c1ccc(C(C)C)cc1. The van der Waals surface area contributed by atoms with Crippen molar-refractivity contribution in [2.75, 3.05) is 7.05 Å². The molecule has 1 N–H and O–H groups in total. The van der Waals surface area contributed by atoms with Crippen LogP contribution < -0.4 is 5.32 Å². The lowest BCUT2D eigenvalue weighted by atomic mass is 9.97. The first-order chi connectivity index (χ1) is 9.93. The molecule has 2 rings (SSSR count). The molecule has 0 saturated carbocycles. The van der Waals surface area contributed by atoms with Gasteiger partial charge in [-0.2, -0.15) is 5.10 Å². The van der Waals surface area contributed by atoms with Gasteiger partial charge in [0.25, 0.3) is 0 Å². The molecule has 114 valence electrons. The number of likely N-dealkylation sites (N-methyl/N-ethyl adjacent to an activating group) is 1. The molecular formula is C17H24ClN3. The number of rotatable bonds is 5. The maximum atomic E-state index is 6.36. The Labute approximate surface area is 132 Å². The number of halogens is 1. The first kappa shape index (κ1) is 16.1. The van der Waals surface area contributed by atoms with E-state index in [1.807, 2.05) is 25.7 Å². The molecule has 4 heteroatoms. The first-order valence-electron chi connectivity index (χ1n) is 7.39. The lowest BCUT2D eigenvalue weighted by Crippen LogP contribution is -2.20. The van der Waals surface area contributed by atoms with Gasteiger partial charge in [0.05, 0.1) is 16.4 Å². The maximum absolute atomic E-state index is 6.36. The number of nitrogens with zero attached hydrogens (tertiary/aromatic N) is 2. The van der Waals surface area contributed by atoms with Crippen LogP contribution in [0.5, 0.6) is 0 Å². The largest absolute Gasteiger partial charge is 0.313 e. The fourth-order valence-corrected chi connectivity index (χ4v) is 2.83. The summed E-state index contributed by atoms with van der Waals surface area (Å²) >= 11 is 6.36. The Morgan fingerprint density at radius 2 is 1.76 bits per heavy atom. The first-order valence-corrected chi connectivity index (χ1v) is 7.77.